The Morgan fingerprint density at radius 1 is 1.00 bits per heavy atom. The molecule has 0 amide bonds. The highest BCUT2D eigenvalue weighted by Crippen LogP contribution is 2.20. The van der Waals surface area contributed by atoms with Gasteiger partial charge in [-0.15, -0.1) is 0 Å². The first-order chi connectivity index (χ1) is 8.81. The fraction of sp³-hybridized carbons (Fsp3) is 0.556. The third kappa shape index (κ3) is 4.83. The Morgan fingerprint density at radius 2 is 1.58 bits per heavy atom. The number of nitrogens with one attached hydrogen (secondary N) is 1. The smallest absolute Gasteiger partial charge is 0.0172 e. The monoisotopic (exact) mass is 259 g/mol. The van der Waals surface area contributed by atoms with Gasteiger partial charge in [-0.1, -0.05) is 51.5 Å². The van der Waals surface area contributed by atoms with Crippen molar-refractivity contribution in [1.82, 2.24) is 5.32 Å². The summed E-state index contributed by atoms with van der Waals surface area (Å²) < 4.78 is 0. The van der Waals surface area contributed by atoms with E-state index in [0.717, 1.165) is 6.54 Å². The summed E-state index contributed by atoms with van der Waals surface area (Å²) in [5.74, 6) is 0.576. The van der Waals surface area contributed by atoms with Gasteiger partial charge in [-0.25, -0.2) is 0 Å². The van der Waals surface area contributed by atoms with Gasteiger partial charge in [0, 0.05) is 12.6 Å². The largest absolute Gasteiger partial charge is 0.311 e. The molecule has 0 radical (unpaired) electrons. The summed E-state index contributed by atoms with van der Waals surface area (Å²) in [4.78, 5) is 0. The first-order valence-corrected chi connectivity index (χ1v) is 7.33. The van der Waals surface area contributed by atoms with Crippen molar-refractivity contribution in [2.45, 2.75) is 54.5 Å². The van der Waals surface area contributed by atoms with Crippen LogP contribution in [0.5, 0.6) is 0 Å². The Morgan fingerprint density at radius 3 is 2.11 bits per heavy atom. The van der Waals surface area contributed by atoms with Gasteiger partial charge >= 0.3 is 0 Å². The van der Waals surface area contributed by atoms with Gasteiger partial charge in [-0.2, -0.15) is 0 Å². The van der Waals surface area contributed by atoms with E-state index < -0.39 is 0 Å². The molecule has 106 valence electrons. The Kier molecular flexibility index (Phi) is 5.81. The van der Waals surface area contributed by atoms with Gasteiger partial charge < -0.3 is 5.32 Å². The molecule has 1 rings (SSSR count). The number of hydrogen-bond acceptors (Lipinski definition) is 1. The molecule has 0 saturated heterocycles. The van der Waals surface area contributed by atoms with Gasteiger partial charge in [0.2, 0.25) is 0 Å². The zero-order valence-electron chi connectivity index (χ0n) is 13.6. The lowest BCUT2D eigenvalue weighted by Gasteiger charge is -2.16. The highest BCUT2D eigenvalue weighted by molar-refractivity contribution is 5.59. The average molecular weight is 259 g/mol. The minimum absolute atomic E-state index is 0.531. The van der Waals surface area contributed by atoms with E-state index in [2.05, 4.69) is 72.0 Å². The molecule has 0 spiro atoms. The SMILES string of the molecule is Cc1cc(C)c(C=C(CNC(C)C)C(C)C)cc1C. The van der Waals surface area contributed by atoms with E-state index in [9.17, 15) is 0 Å². The highest BCUT2D eigenvalue weighted by Gasteiger charge is 2.06. The summed E-state index contributed by atoms with van der Waals surface area (Å²) >= 11 is 0. The molecule has 1 heteroatoms. The molecule has 0 atom stereocenters. The van der Waals surface area contributed by atoms with Crippen molar-refractivity contribution in [1.29, 1.82) is 0 Å². The number of rotatable bonds is 5. The molecule has 0 bridgehead atoms. The van der Waals surface area contributed by atoms with Crippen LogP contribution in [0.4, 0.5) is 0 Å². The molecule has 1 nitrogen and oxygen atoms in total. The molecule has 0 aliphatic carbocycles. The molecule has 1 aromatic carbocycles. The molecule has 0 unspecified atom stereocenters. The zero-order valence-corrected chi connectivity index (χ0v) is 13.6. The van der Waals surface area contributed by atoms with Crippen LogP contribution in [-0.2, 0) is 0 Å². The van der Waals surface area contributed by atoms with Crippen LogP contribution in [0.1, 0.15) is 49.9 Å². The standard InChI is InChI=1S/C18H29N/c1-12(2)18(11-19-13(3)4)10-17-9-15(6)14(5)8-16(17)7/h8-10,12-13,19H,11H2,1-7H3. The van der Waals surface area contributed by atoms with Crippen molar-refractivity contribution in [2.75, 3.05) is 6.54 Å². The van der Waals surface area contributed by atoms with E-state index in [1.54, 1.807) is 0 Å². The van der Waals surface area contributed by atoms with Crippen LogP contribution in [0.2, 0.25) is 0 Å². The Balaban J connectivity index is 3.04. The quantitative estimate of drug-likeness (QED) is 0.811. The summed E-state index contributed by atoms with van der Waals surface area (Å²) in [5.41, 5.74) is 6.95. The lowest BCUT2D eigenvalue weighted by molar-refractivity contribution is 0.593. The zero-order chi connectivity index (χ0) is 14.6. The molecule has 1 N–H and O–H groups in total. The number of hydrogen-bond donors (Lipinski definition) is 1. The molecule has 0 aromatic heterocycles. The van der Waals surface area contributed by atoms with Crippen molar-refractivity contribution >= 4 is 6.08 Å². The molecule has 0 heterocycles. The van der Waals surface area contributed by atoms with Gasteiger partial charge in [-0.05, 0) is 48.9 Å². The predicted octanol–water partition coefficient (Wildman–Crippen LogP) is 4.65. The highest BCUT2D eigenvalue weighted by atomic mass is 14.9. The van der Waals surface area contributed by atoms with E-state index in [1.807, 2.05) is 0 Å². The summed E-state index contributed by atoms with van der Waals surface area (Å²) in [6.45, 7) is 16.5. The van der Waals surface area contributed by atoms with Crippen molar-refractivity contribution in [2.24, 2.45) is 5.92 Å². The van der Waals surface area contributed by atoms with Crippen molar-refractivity contribution in [3.63, 3.8) is 0 Å². The average Bonchev–Trinajstić information content (AvgIpc) is 2.30. The second-order valence-corrected chi connectivity index (χ2v) is 6.20. The minimum Gasteiger partial charge on any atom is -0.311 e. The van der Waals surface area contributed by atoms with Crippen LogP contribution < -0.4 is 5.32 Å². The fourth-order valence-corrected chi connectivity index (χ4v) is 2.08. The Bertz CT molecular complexity index is 453. The maximum atomic E-state index is 3.52. The normalized spacial score (nSPS) is 12.6. The number of aryl methyl sites for hydroxylation is 3. The molecule has 0 aliphatic heterocycles. The molecular formula is C18H29N. The van der Waals surface area contributed by atoms with Crippen LogP contribution in [0.15, 0.2) is 17.7 Å². The lowest BCUT2D eigenvalue weighted by atomic mass is 9.95. The van der Waals surface area contributed by atoms with Gasteiger partial charge in [0.25, 0.3) is 0 Å². The molecular weight excluding hydrogens is 230 g/mol. The van der Waals surface area contributed by atoms with Crippen LogP contribution in [0.3, 0.4) is 0 Å². The van der Waals surface area contributed by atoms with Gasteiger partial charge in [0.15, 0.2) is 0 Å². The van der Waals surface area contributed by atoms with Crippen molar-refractivity contribution in [3.05, 3.63) is 40.0 Å². The van der Waals surface area contributed by atoms with Crippen LogP contribution >= 0.6 is 0 Å². The van der Waals surface area contributed by atoms with E-state index in [-0.39, 0.29) is 0 Å². The molecule has 0 fully saturated rings. The predicted molar refractivity (Wildman–Crippen MR) is 86.6 cm³/mol. The third-order valence-electron chi connectivity index (χ3n) is 3.68. The van der Waals surface area contributed by atoms with Crippen molar-refractivity contribution in [3.8, 4) is 0 Å². The first kappa shape index (κ1) is 16.0. The maximum Gasteiger partial charge on any atom is 0.0172 e. The fourth-order valence-electron chi connectivity index (χ4n) is 2.08. The van der Waals surface area contributed by atoms with Crippen LogP contribution in [0.25, 0.3) is 6.08 Å². The summed E-state index contributed by atoms with van der Waals surface area (Å²) in [6, 6.07) is 5.13. The molecule has 0 aliphatic rings. The summed E-state index contributed by atoms with van der Waals surface area (Å²) in [7, 11) is 0. The van der Waals surface area contributed by atoms with Gasteiger partial charge in [-0.3, -0.25) is 0 Å². The van der Waals surface area contributed by atoms with Crippen LogP contribution in [0, 0.1) is 26.7 Å². The van der Waals surface area contributed by atoms with Gasteiger partial charge in [0.1, 0.15) is 0 Å². The molecule has 19 heavy (non-hydrogen) atoms. The maximum absolute atomic E-state index is 3.52. The first-order valence-electron chi connectivity index (χ1n) is 7.33. The second-order valence-electron chi connectivity index (χ2n) is 6.20. The Labute approximate surface area is 119 Å². The Hall–Kier alpha value is -1.08. The topological polar surface area (TPSA) is 12.0 Å². The minimum atomic E-state index is 0.531. The molecule has 1 aromatic rings. The molecule has 0 saturated carbocycles. The van der Waals surface area contributed by atoms with E-state index >= 15 is 0 Å². The van der Waals surface area contributed by atoms with Crippen molar-refractivity contribution < 1.29 is 0 Å². The van der Waals surface area contributed by atoms with Crippen LogP contribution in [-0.4, -0.2) is 12.6 Å². The second kappa shape index (κ2) is 6.91. The number of benzene rings is 1. The van der Waals surface area contributed by atoms with E-state index in [1.165, 1.54) is 27.8 Å². The van der Waals surface area contributed by atoms with Gasteiger partial charge in [0.05, 0.1) is 0 Å². The third-order valence-corrected chi connectivity index (χ3v) is 3.68. The summed E-state index contributed by atoms with van der Waals surface area (Å²) in [5, 5.41) is 3.52. The van der Waals surface area contributed by atoms with E-state index in [0.29, 0.717) is 12.0 Å². The lowest BCUT2D eigenvalue weighted by Crippen LogP contribution is -2.26. The van der Waals surface area contributed by atoms with E-state index in [4.69, 9.17) is 0 Å². The summed E-state index contributed by atoms with van der Waals surface area (Å²) in [6.07, 6.45) is 2.36.